The van der Waals surface area contributed by atoms with Crippen LogP contribution in [0, 0.1) is 23.5 Å². The van der Waals surface area contributed by atoms with Gasteiger partial charge in [-0.15, -0.1) is 0 Å². The van der Waals surface area contributed by atoms with E-state index in [1.807, 2.05) is 0 Å². The quantitative estimate of drug-likeness (QED) is 0.584. The first kappa shape index (κ1) is 12.0. The highest BCUT2D eigenvalue weighted by Gasteiger charge is 2.08. The minimum atomic E-state index is -1.35. The summed E-state index contributed by atoms with van der Waals surface area (Å²) in [5, 5.41) is 8.95. The average molecular weight is 226 g/mol. The molecular formula is C11H8F2O3. The Bertz CT molecular complexity index is 449. The Morgan fingerprint density at radius 3 is 2.75 bits per heavy atom. The topological polar surface area (TPSA) is 46.5 Å². The van der Waals surface area contributed by atoms with Crippen molar-refractivity contribution in [1.82, 2.24) is 0 Å². The molecule has 0 saturated heterocycles. The van der Waals surface area contributed by atoms with E-state index >= 15 is 0 Å². The fourth-order valence-electron chi connectivity index (χ4n) is 0.937. The Kier molecular flexibility index (Phi) is 3.84. The maximum absolute atomic E-state index is 12.8. The Morgan fingerprint density at radius 1 is 1.50 bits per heavy atom. The molecule has 0 aliphatic carbocycles. The van der Waals surface area contributed by atoms with Crippen molar-refractivity contribution in [3.63, 3.8) is 0 Å². The molecule has 1 rings (SSSR count). The lowest BCUT2D eigenvalue weighted by Gasteiger charge is -1.97. The zero-order valence-electron chi connectivity index (χ0n) is 8.38. The van der Waals surface area contributed by atoms with Gasteiger partial charge < -0.3 is 9.84 Å². The Hall–Kier alpha value is -2.09. The molecule has 0 amide bonds. The van der Waals surface area contributed by atoms with Crippen molar-refractivity contribution in [1.29, 1.82) is 0 Å². The van der Waals surface area contributed by atoms with Gasteiger partial charge in [-0.05, 0) is 19.1 Å². The first-order valence-electron chi connectivity index (χ1n) is 4.41. The standard InChI is InChI=1S/C11H8F2O3/c1-2-16-10(15)4-3-7-5-8(12)11(13)9(14)6-7/h5-6,14H,2H2,1H3. The van der Waals surface area contributed by atoms with Gasteiger partial charge in [-0.2, -0.15) is 4.39 Å². The average Bonchev–Trinajstić information content (AvgIpc) is 2.23. The minimum absolute atomic E-state index is 0.00977. The molecule has 0 saturated carbocycles. The molecule has 1 aromatic carbocycles. The third-order valence-electron chi connectivity index (χ3n) is 1.59. The number of hydrogen-bond acceptors (Lipinski definition) is 3. The molecule has 0 heterocycles. The van der Waals surface area contributed by atoms with Gasteiger partial charge in [-0.1, -0.05) is 5.92 Å². The molecule has 0 atom stereocenters. The molecule has 0 unspecified atom stereocenters. The lowest BCUT2D eigenvalue weighted by molar-refractivity contribution is -0.136. The molecule has 0 radical (unpaired) electrons. The highest BCUT2D eigenvalue weighted by Crippen LogP contribution is 2.19. The second-order valence-electron chi connectivity index (χ2n) is 2.76. The number of carbonyl (C=O) groups excluding carboxylic acids is 1. The van der Waals surface area contributed by atoms with Crippen molar-refractivity contribution in [3.05, 3.63) is 29.3 Å². The number of benzene rings is 1. The third-order valence-corrected chi connectivity index (χ3v) is 1.59. The smallest absolute Gasteiger partial charge is 0.384 e. The predicted molar refractivity (Wildman–Crippen MR) is 51.5 cm³/mol. The molecule has 0 aliphatic heterocycles. The van der Waals surface area contributed by atoms with Gasteiger partial charge >= 0.3 is 5.97 Å². The van der Waals surface area contributed by atoms with Crippen LogP contribution in [0.15, 0.2) is 12.1 Å². The van der Waals surface area contributed by atoms with Crippen LogP contribution in [-0.4, -0.2) is 17.7 Å². The van der Waals surface area contributed by atoms with E-state index in [4.69, 9.17) is 5.11 Å². The molecule has 0 spiro atoms. The molecule has 0 aliphatic rings. The number of halogens is 2. The summed E-state index contributed by atoms with van der Waals surface area (Å²) in [6.07, 6.45) is 0. The molecule has 1 aromatic rings. The number of aromatic hydroxyl groups is 1. The third kappa shape index (κ3) is 2.95. The Morgan fingerprint density at radius 2 is 2.19 bits per heavy atom. The summed E-state index contributed by atoms with van der Waals surface area (Å²) in [5.41, 5.74) is -0.00977. The van der Waals surface area contributed by atoms with Crippen LogP contribution in [0.2, 0.25) is 0 Å². The maximum Gasteiger partial charge on any atom is 0.384 e. The van der Waals surface area contributed by atoms with Crippen LogP contribution in [0.3, 0.4) is 0 Å². The fourth-order valence-corrected chi connectivity index (χ4v) is 0.937. The predicted octanol–water partition coefficient (Wildman–Crippen LogP) is 1.58. The largest absolute Gasteiger partial charge is 0.505 e. The fraction of sp³-hybridized carbons (Fsp3) is 0.182. The van der Waals surface area contributed by atoms with E-state index in [1.165, 1.54) is 0 Å². The molecule has 16 heavy (non-hydrogen) atoms. The molecule has 5 heteroatoms. The van der Waals surface area contributed by atoms with E-state index in [2.05, 4.69) is 16.6 Å². The van der Waals surface area contributed by atoms with Gasteiger partial charge in [-0.25, -0.2) is 9.18 Å². The molecule has 84 valence electrons. The van der Waals surface area contributed by atoms with Crippen molar-refractivity contribution < 1.29 is 23.4 Å². The zero-order valence-corrected chi connectivity index (χ0v) is 8.38. The lowest BCUT2D eigenvalue weighted by atomic mass is 10.2. The molecule has 0 aromatic heterocycles. The van der Waals surface area contributed by atoms with Crippen LogP contribution in [0.4, 0.5) is 8.78 Å². The van der Waals surface area contributed by atoms with Crippen LogP contribution >= 0.6 is 0 Å². The van der Waals surface area contributed by atoms with Gasteiger partial charge in [0.25, 0.3) is 0 Å². The van der Waals surface area contributed by atoms with Gasteiger partial charge in [0, 0.05) is 11.5 Å². The van der Waals surface area contributed by atoms with Crippen LogP contribution in [0.5, 0.6) is 5.75 Å². The normalized spacial score (nSPS) is 9.19. The van der Waals surface area contributed by atoms with E-state index in [9.17, 15) is 13.6 Å². The van der Waals surface area contributed by atoms with Crippen LogP contribution in [-0.2, 0) is 9.53 Å². The van der Waals surface area contributed by atoms with Gasteiger partial charge in [0.1, 0.15) is 0 Å². The van der Waals surface area contributed by atoms with E-state index in [-0.39, 0.29) is 12.2 Å². The summed E-state index contributed by atoms with van der Waals surface area (Å²) in [6.45, 7) is 1.79. The molecule has 0 fully saturated rings. The number of phenolic OH excluding ortho intramolecular Hbond substituents is 1. The van der Waals surface area contributed by atoms with Crippen molar-refractivity contribution in [2.45, 2.75) is 6.92 Å². The maximum atomic E-state index is 12.8. The van der Waals surface area contributed by atoms with E-state index in [1.54, 1.807) is 6.92 Å². The summed E-state index contributed by atoms with van der Waals surface area (Å²) < 4.78 is 30.0. The summed E-state index contributed by atoms with van der Waals surface area (Å²) in [4.78, 5) is 10.8. The molecular weight excluding hydrogens is 218 g/mol. The first-order valence-corrected chi connectivity index (χ1v) is 4.41. The van der Waals surface area contributed by atoms with Gasteiger partial charge in [-0.3, -0.25) is 0 Å². The van der Waals surface area contributed by atoms with Crippen molar-refractivity contribution in [2.75, 3.05) is 6.61 Å². The monoisotopic (exact) mass is 226 g/mol. The summed E-state index contributed by atoms with van der Waals surface area (Å²) in [5.74, 6) is 0.110. The molecule has 0 bridgehead atoms. The highest BCUT2D eigenvalue weighted by atomic mass is 19.2. The highest BCUT2D eigenvalue weighted by molar-refractivity contribution is 5.89. The Labute approximate surface area is 90.7 Å². The van der Waals surface area contributed by atoms with Gasteiger partial charge in [0.05, 0.1) is 6.61 Å². The number of ether oxygens (including phenoxy) is 1. The van der Waals surface area contributed by atoms with Crippen molar-refractivity contribution in [3.8, 4) is 17.6 Å². The van der Waals surface area contributed by atoms with Gasteiger partial charge in [0.2, 0.25) is 0 Å². The number of phenols is 1. The number of hydrogen-bond donors (Lipinski definition) is 1. The van der Waals surface area contributed by atoms with Crippen LogP contribution < -0.4 is 0 Å². The summed E-state index contributed by atoms with van der Waals surface area (Å²) >= 11 is 0. The van der Waals surface area contributed by atoms with Crippen LogP contribution in [0.25, 0.3) is 0 Å². The second-order valence-corrected chi connectivity index (χ2v) is 2.76. The number of rotatable bonds is 1. The summed E-state index contributed by atoms with van der Waals surface area (Å²) in [7, 11) is 0. The summed E-state index contributed by atoms with van der Waals surface area (Å²) in [6, 6.07) is 1.70. The van der Waals surface area contributed by atoms with Crippen LogP contribution in [0.1, 0.15) is 12.5 Å². The molecule has 1 N–H and O–H groups in total. The van der Waals surface area contributed by atoms with E-state index in [0.29, 0.717) is 0 Å². The molecule has 3 nitrogen and oxygen atoms in total. The van der Waals surface area contributed by atoms with E-state index < -0.39 is 23.4 Å². The van der Waals surface area contributed by atoms with E-state index in [0.717, 1.165) is 12.1 Å². The Balaban J connectivity index is 2.94. The van der Waals surface area contributed by atoms with Crippen molar-refractivity contribution in [2.24, 2.45) is 0 Å². The minimum Gasteiger partial charge on any atom is -0.505 e. The van der Waals surface area contributed by atoms with Crippen molar-refractivity contribution >= 4 is 5.97 Å². The lowest BCUT2D eigenvalue weighted by Crippen LogP contribution is -1.99. The number of esters is 1. The number of carbonyl (C=O) groups is 1. The SMILES string of the molecule is CCOC(=O)C#Cc1cc(O)c(F)c(F)c1. The zero-order chi connectivity index (χ0) is 12.1. The second kappa shape index (κ2) is 5.12. The first-order chi connectivity index (χ1) is 7.54. The van der Waals surface area contributed by atoms with Gasteiger partial charge in [0.15, 0.2) is 17.4 Å².